The van der Waals surface area contributed by atoms with E-state index in [4.69, 9.17) is 16.0 Å². The molecular formula is C17H11ClN4O3. The van der Waals surface area contributed by atoms with Crippen LogP contribution >= 0.6 is 11.6 Å². The minimum atomic E-state index is -0.939. The number of hydrogen-bond acceptors (Lipinski definition) is 5. The van der Waals surface area contributed by atoms with Gasteiger partial charge in [-0.15, -0.1) is 5.10 Å². The highest BCUT2D eigenvalue weighted by atomic mass is 35.5. The van der Waals surface area contributed by atoms with Crippen molar-refractivity contribution in [2.75, 3.05) is 0 Å². The van der Waals surface area contributed by atoms with Crippen LogP contribution in [0.5, 0.6) is 0 Å². The number of carbonyl (C=O) groups is 1. The first-order chi connectivity index (χ1) is 12.1. The molecule has 25 heavy (non-hydrogen) atoms. The molecular weight excluding hydrogens is 344 g/mol. The van der Waals surface area contributed by atoms with Crippen LogP contribution in [0.25, 0.3) is 28.0 Å². The van der Waals surface area contributed by atoms with Crippen molar-refractivity contribution < 1.29 is 14.3 Å². The number of hydrogen-bond donors (Lipinski definition) is 1. The first-order valence-corrected chi connectivity index (χ1v) is 7.76. The fraction of sp³-hybridized carbons (Fsp3) is 0.0588. The van der Waals surface area contributed by atoms with Crippen LogP contribution in [0.3, 0.4) is 0 Å². The summed E-state index contributed by atoms with van der Waals surface area (Å²) in [5.74, 6) is -0.423. The third-order valence-corrected chi connectivity index (χ3v) is 4.07. The van der Waals surface area contributed by atoms with Crippen molar-refractivity contribution in [1.82, 2.24) is 20.2 Å². The Kier molecular flexibility index (Phi) is 3.70. The first-order valence-electron chi connectivity index (χ1n) is 7.38. The minimum absolute atomic E-state index is 0.163. The van der Waals surface area contributed by atoms with Gasteiger partial charge in [0.25, 0.3) is 0 Å². The van der Waals surface area contributed by atoms with E-state index in [0.717, 1.165) is 5.56 Å². The molecule has 2 aromatic heterocycles. The van der Waals surface area contributed by atoms with Crippen LogP contribution in [0, 0.1) is 0 Å². The van der Waals surface area contributed by atoms with Crippen LogP contribution in [-0.4, -0.2) is 31.3 Å². The number of benzene rings is 2. The molecule has 2 aromatic carbocycles. The molecule has 0 aliphatic rings. The Balaban J connectivity index is 1.93. The smallest absolute Gasteiger partial charge is 0.307 e. The van der Waals surface area contributed by atoms with Gasteiger partial charge in [-0.2, -0.15) is 0 Å². The summed E-state index contributed by atoms with van der Waals surface area (Å²) in [7, 11) is 0. The molecule has 0 saturated carbocycles. The van der Waals surface area contributed by atoms with Crippen molar-refractivity contribution in [3.63, 3.8) is 0 Å². The summed E-state index contributed by atoms with van der Waals surface area (Å²) in [6.45, 7) is 0. The van der Waals surface area contributed by atoms with Gasteiger partial charge < -0.3 is 9.52 Å². The Bertz CT molecular complexity index is 1060. The van der Waals surface area contributed by atoms with Crippen molar-refractivity contribution in [2.24, 2.45) is 0 Å². The molecule has 1 N–H and O–H groups in total. The van der Waals surface area contributed by atoms with E-state index in [1.165, 1.54) is 11.0 Å². The number of fused-ring (bicyclic) bond motifs is 1. The van der Waals surface area contributed by atoms with Crippen LogP contribution in [0.4, 0.5) is 0 Å². The lowest BCUT2D eigenvalue weighted by atomic mass is 10.0. The molecule has 0 radical (unpaired) electrons. The van der Waals surface area contributed by atoms with Gasteiger partial charge in [-0.3, -0.25) is 4.79 Å². The molecule has 0 aliphatic carbocycles. The van der Waals surface area contributed by atoms with Gasteiger partial charge in [-0.05, 0) is 52.9 Å². The Morgan fingerprint density at radius 2 is 2.00 bits per heavy atom. The molecule has 4 aromatic rings. The molecule has 0 aliphatic heterocycles. The van der Waals surface area contributed by atoms with Gasteiger partial charge >= 0.3 is 5.97 Å². The van der Waals surface area contributed by atoms with Crippen molar-refractivity contribution in [3.8, 4) is 17.0 Å². The Morgan fingerprint density at radius 3 is 2.68 bits per heavy atom. The van der Waals surface area contributed by atoms with Crippen LogP contribution in [-0.2, 0) is 11.2 Å². The summed E-state index contributed by atoms with van der Waals surface area (Å²) >= 11 is 5.93. The molecule has 124 valence electrons. The summed E-state index contributed by atoms with van der Waals surface area (Å²) in [4.78, 5) is 11.4. The molecule has 2 heterocycles. The van der Waals surface area contributed by atoms with Gasteiger partial charge in [0.05, 0.1) is 12.1 Å². The monoisotopic (exact) mass is 354 g/mol. The van der Waals surface area contributed by atoms with Crippen molar-refractivity contribution in [1.29, 1.82) is 0 Å². The summed E-state index contributed by atoms with van der Waals surface area (Å²) < 4.78 is 7.43. The lowest BCUT2D eigenvalue weighted by Gasteiger charge is -2.02. The van der Waals surface area contributed by atoms with Crippen molar-refractivity contribution in [2.45, 2.75) is 6.42 Å². The molecule has 0 bridgehead atoms. The molecule has 0 unspecified atom stereocenters. The number of carboxylic acid groups (broad SMARTS) is 1. The first kappa shape index (κ1) is 15.3. The van der Waals surface area contributed by atoms with Gasteiger partial charge in [-0.25, -0.2) is 4.68 Å². The van der Waals surface area contributed by atoms with Crippen LogP contribution in [0.2, 0.25) is 5.02 Å². The number of rotatable bonds is 4. The molecule has 0 spiro atoms. The molecule has 8 heteroatoms. The van der Waals surface area contributed by atoms with Crippen LogP contribution in [0.1, 0.15) is 5.56 Å². The van der Waals surface area contributed by atoms with Crippen molar-refractivity contribution >= 4 is 28.5 Å². The zero-order valence-corrected chi connectivity index (χ0v) is 13.5. The highest BCUT2D eigenvalue weighted by Gasteiger charge is 2.19. The lowest BCUT2D eigenvalue weighted by Crippen LogP contribution is -2.01. The third kappa shape index (κ3) is 2.85. The van der Waals surface area contributed by atoms with E-state index < -0.39 is 5.97 Å². The predicted octanol–water partition coefficient (Wildman–Crippen LogP) is 3.36. The summed E-state index contributed by atoms with van der Waals surface area (Å²) in [6.07, 6.45) is 1.31. The number of halogens is 1. The van der Waals surface area contributed by atoms with E-state index in [-0.39, 0.29) is 6.42 Å². The number of carboxylic acids is 1. The van der Waals surface area contributed by atoms with E-state index in [0.29, 0.717) is 33.0 Å². The zero-order chi connectivity index (χ0) is 17.4. The van der Waals surface area contributed by atoms with E-state index in [9.17, 15) is 9.90 Å². The highest BCUT2D eigenvalue weighted by molar-refractivity contribution is 6.30. The van der Waals surface area contributed by atoms with Gasteiger partial charge in [0.2, 0.25) is 0 Å². The van der Waals surface area contributed by atoms with E-state index in [1.54, 1.807) is 36.4 Å². The van der Waals surface area contributed by atoms with Gasteiger partial charge in [0.1, 0.15) is 17.7 Å². The molecule has 0 amide bonds. The Morgan fingerprint density at radius 1 is 1.20 bits per heavy atom. The number of aliphatic carboxylic acids is 1. The molecule has 4 rings (SSSR count). The standard InChI is InChI=1S/C17H11ClN4O3/c18-11-3-1-10(2-4-11)17-14(8-16(23)24)13-7-12(5-6-15(13)25-17)22-9-19-20-21-22/h1-7,9H,8H2,(H,23,24). The Hall–Kier alpha value is -3.19. The summed E-state index contributed by atoms with van der Waals surface area (Å²) in [6, 6.07) is 12.5. The average molecular weight is 355 g/mol. The lowest BCUT2D eigenvalue weighted by molar-refractivity contribution is -0.136. The van der Waals surface area contributed by atoms with Gasteiger partial charge in [-0.1, -0.05) is 11.6 Å². The van der Waals surface area contributed by atoms with E-state index >= 15 is 0 Å². The second kappa shape index (κ2) is 6.03. The maximum Gasteiger partial charge on any atom is 0.307 e. The number of furan rings is 1. The zero-order valence-electron chi connectivity index (χ0n) is 12.8. The topological polar surface area (TPSA) is 94.0 Å². The number of aromatic nitrogens is 4. The van der Waals surface area contributed by atoms with E-state index in [1.807, 2.05) is 6.07 Å². The minimum Gasteiger partial charge on any atom is -0.481 e. The van der Waals surface area contributed by atoms with Gasteiger partial charge in [0, 0.05) is 21.5 Å². The third-order valence-electron chi connectivity index (χ3n) is 3.82. The molecule has 7 nitrogen and oxygen atoms in total. The predicted molar refractivity (Wildman–Crippen MR) is 90.7 cm³/mol. The summed E-state index contributed by atoms with van der Waals surface area (Å²) in [5, 5.41) is 21.7. The normalized spacial score (nSPS) is 11.1. The summed E-state index contributed by atoms with van der Waals surface area (Å²) in [5.41, 5.74) is 2.67. The Labute approximate surface area is 146 Å². The van der Waals surface area contributed by atoms with Crippen LogP contribution < -0.4 is 0 Å². The van der Waals surface area contributed by atoms with Crippen LogP contribution in [0.15, 0.2) is 53.2 Å². The SMILES string of the molecule is O=C(O)Cc1c(-c2ccc(Cl)cc2)oc2ccc(-n3cnnn3)cc12. The largest absolute Gasteiger partial charge is 0.481 e. The van der Waals surface area contributed by atoms with Gasteiger partial charge in [0.15, 0.2) is 0 Å². The average Bonchev–Trinajstić information content (AvgIpc) is 3.23. The fourth-order valence-electron chi connectivity index (χ4n) is 2.72. The maximum absolute atomic E-state index is 11.4. The fourth-order valence-corrected chi connectivity index (χ4v) is 2.85. The molecule has 0 atom stereocenters. The van der Waals surface area contributed by atoms with Crippen molar-refractivity contribution in [3.05, 3.63) is 59.4 Å². The highest BCUT2D eigenvalue weighted by Crippen LogP contribution is 2.35. The maximum atomic E-state index is 11.4. The number of tetrazole rings is 1. The second-order valence-corrected chi connectivity index (χ2v) is 5.86. The second-order valence-electron chi connectivity index (χ2n) is 5.42. The molecule has 0 saturated heterocycles. The van der Waals surface area contributed by atoms with E-state index in [2.05, 4.69) is 15.5 Å². The molecule has 0 fully saturated rings. The number of nitrogens with zero attached hydrogens (tertiary/aromatic N) is 4. The quantitative estimate of drug-likeness (QED) is 0.604.